The van der Waals surface area contributed by atoms with Crippen molar-refractivity contribution in [3.8, 4) is 34.1 Å². The van der Waals surface area contributed by atoms with Crippen molar-refractivity contribution in [3.05, 3.63) is 114 Å². The van der Waals surface area contributed by atoms with Crippen molar-refractivity contribution in [2.75, 3.05) is 0 Å². The highest BCUT2D eigenvalue weighted by Gasteiger charge is 2.34. The zero-order valence-electron chi connectivity index (χ0n) is 19.2. The van der Waals surface area contributed by atoms with Gasteiger partial charge in [0.15, 0.2) is 23.3 Å². The lowest BCUT2D eigenvalue weighted by Crippen LogP contribution is -2.15. The van der Waals surface area contributed by atoms with Crippen LogP contribution >= 0.6 is 9.24 Å². The van der Waals surface area contributed by atoms with Gasteiger partial charge in [0.1, 0.15) is 11.5 Å². The van der Waals surface area contributed by atoms with Crippen molar-refractivity contribution in [2.24, 2.45) is 0 Å². The third-order valence-electron chi connectivity index (χ3n) is 5.46. The standard InChI is InChI=1S/C28H16F7O2P/c1-3-13-5-9-15(10-6-13)36-26-22(32)19(29)17(20(30)23(26)33)18-21(31)24(34)27(25(35)28(18)38)37-16-11-7-14(4-2)8-12-16/h3-12H,1-2,38H2. The lowest BCUT2D eigenvalue weighted by Gasteiger charge is -2.17. The largest absolute Gasteiger partial charge is 0.451 e. The maximum Gasteiger partial charge on any atom is 0.205 e. The maximum absolute atomic E-state index is 15.1. The molecule has 194 valence electrons. The molecule has 0 aliphatic heterocycles. The quantitative estimate of drug-likeness (QED) is 0.131. The fourth-order valence-corrected chi connectivity index (χ4v) is 3.89. The highest BCUT2D eigenvalue weighted by atomic mass is 31.0. The van der Waals surface area contributed by atoms with Gasteiger partial charge in [-0.1, -0.05) is 49.6 Å². The molecule has 0 bridgehead atoms. The smallest absolute Gasteiger partial charge is 0.205 e. The zero-order valence-corrected chi connectivity index (χ0v) is 20.4. The second-order valence-electron chi connectivity index (χ2n) is 7.77. The van der Waals surface area contributed by atoms with Crippen molar-refractivity contribution in [2.45, 2.75) is 0 Å². The monoisotopic (exact) mass is 548 g/mol. The Kier molecular flexibility index (Phi) is 7.60. The molecule has 0 heterocycles. The van der Waals surface area contributed by atoms with E-state index in [1.807, 2.05) is 0 Å². The molecule has 4 aromatic rings. The number of ether oxygens (including phenoxy) is 2. The minimum absolute atomic E-state index is 0.0953. The van der Waals surface area contributed by atoms with Gasteiger partial charge in [-0.25, -0.2) is 17.6 Å². The molecule has 2 nitrogen and oxygen atoms in total. The predicted octanol–water partition coefficient (Wildman–Crippen LogP) is 8.70. The van der Waals surface area contributed by atoms with Gasteiger partial charge in [0.25, 0.3) is 0 Å². The van der Waals surface area contributed by atoms with Crippen LogP contribution in [0.1, 0.15) is 11.1 Å². The Balaban J connectivity index is 1.81. The van der Waals surface area contributed by atoms with E-state index < -0.39 is 68.7 Å². The Bertz CT molecular complexity index is 1390. The maximum atomic E-state index is 15.1. The molecule has 0 saturated carbocycles. The molecule has 0 aliphatic carbocycles. The first kappa shape index (κ1) is 26.9. The molecule has 0 N–H and O–H groups in total. The van der Waals surface area contributed by atoms with E-state index >= 15 is 17.6 Å². The number of rotatable bonds is 7. The van der Waals surface area contributed by atoms with Crippen LogP contribution in [0.15, 0.2) is 61.7 Å². The van der Waals surface area contributed by atoms with Crippen molar-refractivity contribution in [1.82, 2.24) is 0 Å². The molecular weight excluding hydrogens is 532 g/mol. The van der Waals surface area contributed by atoms with Crippen LogP contribution in [-0.4, -0.2) is 0 Å². The topological polar surface area (TPSA) is 18.5 Å². The van der Waals surface area contributed by atoms with Crippen LogP contribution in [-0.2, 0) is 0 Å². The van der Waals surface area contributed by atoms with Gasteiger partial charge in [0, 0.05) is 10.9 Å². The van der Waals surface area contributed by atoms with Crippen molar-refractivity contribution >= 4 is 26.7 Å². The Labute approximate surface area is 214 Å². The van der Waals surface area contributed by atoms with E-state index in [0.29, 0.717) is 11.1 Å². The van der Waals surface area contributed by atoms with Crippen LogP contribution in [0.5, 0.6) is 23.0 Å². The molecule has 0 radical (unpaired) electrons. The predicted molar refractivity (Wildman–Crippen MR) is 134 cm³/mol. The Morgan fingerprint density at radius 3 is 1.21 bits per heavy atom. The number of halogens is 7. The van der Waals surface area contributed by atoms with Crippen LogP contribution in [0.3, 0.4) is 0 Å². The molecule has 0 amide bonds. The first-order chi connectivity index (χ1) is 18.1. The molecule has 0 aromatic heterocycles. The Morgan fingerprint density at radius 2 is 0.842 bits per heavy atom. The summed E-state index contributed by atoms with van der Waals surface area (Å²) in [7, 11) is 1.63. The third-order valence-corrected chi connectivity index (χ3v) is 6.00. The fraction of sp³-hybridized carbons (Fsp3) is 0. The summed E-state index contributed by atoms with van der Waals surface area (Å²) < 4.78 is 115. The average Bonchev–Trinajstić information content (AvgIpc) is 2.93. The SMILES string of the molecule is C=Cc1ccc(Oc2c(F)c(F)c(-c3c(F)c(F)c(Oc4ccc(C=C)cc4)c(F)c3P)c(F)c2F)cc1. The highest BCUT2D eigenvalue weighted by Crippen LogP contribution is 2.41. The zero-order chi connectivity index (χ0) is 27.7. The number of hydrogen-bond acceptors (Lipinski definition) is 2. The molecule has 38 heavy (non-hydrogen) atoms. The normalized spacial score (nSPS) is 10.8. The van der Waals surface area contributed by atoms with Crippen molar-refractivity contribution in [1.29, 1.82) is 0 Å². The minimum Gasteiger partial charge on any atom is -0.451 e. The van der Waals surface area contributed by atoms with Gasteiger partial charge in [0.05, 0.1) is 5.56 Å². The van der Waals surface area contributed by atoms with Gasteiger partial charge in [-0.3, -0.25) is 0 Å². The number of benzene rings is 4. The van der Waals surface area contributed by atoms with Crippen LogP contribution in [0.2, 0.25) is 0 Å². The van der Waals surface area contributed by atoms with Gasteiger partial charge < -0.3 is 9.47 Å². The Morgan fingerprint density at radius 1 is 0.500 bits per heavy atom. The first-order valence-corrected chi connectivity index (χ1v) is 11.3. The molecule has 0 saturated heterocycles. The molecule has 4 aromatic carbocycles. The second-order valence-corrected chi connectivity index (χ2v) is 8.35. The summed E-state index contributed by atoms with van der Waals surface area (Å²) in [6.45, 7) is 7.09. The number of hydrogen-bond donors (Lipinski definition) is 0. The van der Waals surface area contributed by atoms with Crippen molar-refractivity contribution in [3.63, 3.8) is 0 Å². The van der Waals surface area contributed by atoms with E-state index in [-0.39, 0.29) is 11.5 Å². The minimum atomic E-state index is -2.13. The van der Waals surface area contributed by atoms with E-state index in [4.69, 9.17) is 9.47 Å². The molecule has 1 atom stereocenters. The summed E-state index contributed by atoms with van der Waals surface area (Å²) in [4.78, 5) is 0. The molecule has 0 spiro atoms. The van der Waals surface area contributed by atoms with Crippen LogP contribution in [0, 0.1) is 40.7 Å². The van der Waals surface area contributed by atoms with Gasteiger partial charge >= 0.3 is 0 Å². The van der Waals surface area contributed by atoms with Crippen LogP contribution in [0.25, 0.3) is 23.3 Å². The second kappa shape index (κ2) is 10.7. The van der Waals surface area contributed by atoms with Gasteiger partial charge in [-0.15, -0.1) is 9.24 Å². The van der Waals surface area contributed by atoms with Crippen molar-refractivity contribution < 1.29 is 40.2 Å². The summed E-state index contributed by atoms with van der Waals surface area (Å²) >= 11 is 0. The molecule has 1 unspecified atom stereocenters. The third kappa shape index (κ3) is 4.77. The molecule has 0 fully saturated rings. The summed E-state index contributed by atoms with van der Waals surface area (Å²) in [6.07, 6.45) is 2.97. The highest BCUT2D eigenvalue weighted by molar-refractivity contribution is 7.28. The van der Waals surface area contributed by atoms with E-state index in [0.717, 1.165) is 0 Å². The van der Waals surface area contributed by atoms with Crippen LogP contribution in [0.4, 0.5) is 30.7 Å². The van der Waals surface area contributed by atoms with Crippen LogP contribution < -0.4 is 14.8 Å². The van der Waals surface area contributed by atoms with E-state index in [1.54, 1.807) is 9.24 Å². The van der Waals surface area contributed by atoms with Gasteiger partial charge in [-0.2, -0.15) is 13.2 Å². The molecule has 0 aliphatic rings. The lowest BCUT2D eigenvalue weighted by atomic mass is 10.0. The first-order valence-electron chi connectivity index (χ1n) is 10.7. The summed E-state index contributed by atoms with van der Waals surface area (Å²) in [6, 6.07) is 11.1. The molecular formula is C28H16F7O2P. The summed E-state index contributed by atoms with van der Waals surface area (Å²) in [5, 5.41) is -0.938. The van der Waals surface area contributed by atoms with E-state index in [9.17, 15) is 13.2 Å². The Hall–Kier alpha value is -4.10. The average molecular weight is 548 g/mol. The summed E-state index contributed by atoms with van der Waals surface area (Å²) in [5.41, 5.74) is -1.78. The molecule has 10 heteroatoms. The molecule has 4 rings (SSSR count). The van der Waals surface area contributed by atoms with E-state index in [1.165, 1.54) is 60.7 Å². The van der Waals surface area contributed by atoms with Gasteiger partial charge in [-0.05, 0) is 35.4 Å². The lowest BCUT2D eigenvalue weighted by molar-refractivity contribution is 0.367. The van der Waals surface area contributed by atoms with E-state index in [2.05, 4.69) is 13.2 Å². The fourth-order valence-electron chi connectivity index (χ4n) is 3.49. The van der Waals surface area contributed by atoms with Gasteiger partial charge in [0.2, 0.25) is 29.0 Å². The summed E-state index contributed by atoms with van der Waals surface area (Å²) in [5.74, 6) is -16.9.